The zero-order valence-corrected chi connectivity index (χ0v) is 8.60. The number of benzene rings is 1. The molecule has 1 aromatic carbocycles. The third kappa shape index (κ3) is 2.19. The fourth-order valence-corrected chi connectivity index (χ4v) is 1.32. The number of rotatable bonds is 2. The molecule has 0 amide bonds. The molecule has 0 N–H and O–H groups in total. The second kappa shape index (κ2) is 3.91. The molecule has 0 atom stereocenters. The molecule has 1 aromatic rings. The monoisotopic (exact) mass is 213 g/mol. The van der Waals surface area contributed by atoms with Crippen molar-refractivity contribution >= 4 is 17.7 Å². The van der Waals surface area contributed by atoms with Gasteiger partial charge in [-0.1, -0.05) is 17.7 Å². The summed E-state index contributed by atoms with van der Waals surface area (Å²) in [6.07, 6.45) is 1.42. The number of hydrogen-bond acceptors (Lipinski definition) is 2. The Kier molecular flexibility index (Phi) is 3.04. The van der Waals surface area contributed by atoms with Crippen molar-refractivity contribution in [2.75, 3.05) is 0 Å². The van der Waals surface area contributed by atoms with Gasteiger partial charge < -0.3 is 0 Å². The molecule has 0 fully saturated rings. The van der Waals surface area contributed by atoms with Gasteiger partial charge in [0.05, 0.1) is 5.54 Å². The predicted octanol–water partition coefficient (Wildman–Crippen LogP) is 3.05. The molecule has 0 unspecified atom stereocenters. The van der Waals surface area contributed by atoms with Crippen LogP contribution in [0.2, 0.25) is 5.02 Å². The minimum atomic E-state index is -0.906. The Balaban J connectivity index is 3.25. The molecular formula is C10H9ClFNO. The highest BCUT2D eigenvalue weighted by Gasteiger charge is 2.23. The van der Waals surface area contributed by atoms with Crippen molar-refractivity contribution in [3.05, 3.63) is 34.6 Å². The summed E-state index contributed by atoms with van der Waals surface area (Å²) < 4.78 is 13.4. The summed E-state index contributed by atoms with van der Waals surface area (Å²) in [5, 5.41) is 0.317. The molecule has 0 aromatic heterocycles. The van der Waals surface area contributed by atoms with E-state index in [1.807, 2.05) is 0 Å². The van der Waals surface area contributed by atoms with E-state index in [0.29, 0.717) is 10.6 Å². The number of aliphatic imine (C=N–C) groups is 1. The van der Waals surface area contributed by atoms with Crippen molar-refractivity contribution in [3.8, 4) is 0 Å². The third-order valence-electron chi connectivity index (χ3n) is 1.92. The summed E-state index contributed by atoms with van der Waals surface area (Å²) in [7, 11) is 0. The molecular weight excluding hydrogens is 205 g/mol. The van der Waals surface area contributed by atoms with Crippen molar-refractivity contribution in [2.45, 2.75) is 19.4 Å². The molecule has 1 rings (SSSR count). The first-order valence-electron chi connectivity index (χ1n) is 4.02. The van der Waals surface area contributed by atoms with E-state index in [1.54, 1.807) is 19.9 Å². The average Bonchev–Trinajstić information content (AvgIpc) is 2.02. The average molecular weight is 214 g/mol. The molecule has 0 saturated heterocycles. The van der Waals surface area contributed by atoms with E-state index in [4.69, 9.17) is 11.6 Å². The summed E-state index contributed by atoms with van der Waals surface area (Å²) >= 11 is 5.60. The highest BCUT2D eigenvalue weighted by Crippen LogP contribution is 2.28. The molecule has 4 heteroatoms. The van der Waals surface area contributed by atoms with Crippen LogP contribution in [0.25, 0.3) is 0 Å². The second-order valence-corrected chi connectivity index (χ2v) is 3.82. The van der Waals surface area contributed by atoms with Crippen molar-refractivity contribution in [2.24, 2.45) is 4.99 Å². The molecule has 0 aliphatic heterocycles. The smallest absolute Gasteiger partial charge is 0.211 e. The minimum Gasteiger partial charge on any atom is -0.211 e. The van der Waals surface area contributed by atoms with Gasteiger partial charge in [-0.2, -0.15) is 4.99 Å². The van der Waals surface area contributed by atoms with E-state index in [1.165, 1.54) is 18.2 Å². The summed E-state index contributed by atoms with van der Waals surface area (Å²) in [5.74, 6) is -0.471. The first-order valence-corrected chi connectivity index (χ1v) is 4.40. The van der Waals surface area contributed by atoms with Gasteiger partial charge in [0.25, 0.3) is 0 Å². The first-order chi connectivity index (χ1) is 6.47. The predicted molar refractivity (Wildman–Crippen MR) is 52.6 cm³/mol. The lowest BCUT2D eigenvalue weighted by Gasteiger charge is -2.18. The Hall–Kier alpha value is -1.18. The van der Waals surface area contributed by atoms with Crippen LogP contribution in [-0.4, -0.2) is 6.08 Å². The molecule has 0 bridgehead atoms. The molecule has 0 aliphatic carbocycles. The largest absolute Gasteiger partial charge is 0.235 e. The van der Waals surface area contributed by atoms with Crippen LogP contribution in [0.5, 0.6) is 0 Å². The SMILES string of the molecule is CC(C)(N=C=O)c1ccc(Cl)cc1F. The highest BCUT2D eigenvalue weighted by molar-refractivity contribution is 6.30. The van der Waals surface area contributed by atoms with Gasteiger partial charge >= 0.3 is 0 Å². The zero-order valence-electron chi connectivity index (χ0n) is 7.84. The van der Waals surface area contributed by atoms with Gasteiger partial charge in [-0.05, 0) is 26.0 Å². The van der Waals surface area contributed by atoms with Gasteiger partial charge in [-0.25, -0.2) is 9.18 Å². The van der Waals surface area contributed by atoms with Crippen molar-refractivity contribution in [1.82, 2.24) is 0 Å². The fourth-order valence-electron chi connectivity index (χ4n) is 1.16. The quantitative estimate of drug-likeness (QED) is 0.549. The Morgan fingerprint density at radius 2 is 2.14 bits per heavy atom. The molecule has 0 heterocycles. The molecule has 0 aliphatic rings. The van der Waals surface area contributed by atoms with E-state index in [9.17, 15) is 9.18 Å². The summed E-state index contributed by atoms with van der Waals surface area (Å²) in [4.78, 5) is 13.7. The molecule has 0 radical (unpaired) electrons. The van der Waals surface area contributed by atoms with Gasteiger partial charge in [-0.3, -0.25) is 0 Å². The van der Waals surface area contributed by atoms with Crippen molar-refractivity contribution in [3.63, 3.8) is 0 Å². The number of isocyanates is 1. The van der Waals surface area contributed by atoms with Crippen LogP contribution < -0.4 is 0 Å². The lowest BCUT2D eigenvalue weighted by Crippen LogP contribution is -2.15. The first kappa shape index (κ1) is 10.9. The lowest BCUT2D eigenvalue weighted by molar-refractivity contribution is 0.492. The molecule has 2 nitrogen and oxygen atoms in total. The van der Waals surface area contributed by atoms with E-state index >= 15 is 0 Å². The van der Waals surface area contributed by atoms with Crippen LogP contribution in [0, 0.1) is 5.82 Å². The van der Waals surface area contributed by atoms with Crippen LogP contribution in [0.4, 0.5) is 4.39 Å². The maximum Gasteiger partial charge on any atom is 0.235 e. The third-order valence-corrected chi connectivity index (χ3v) is 2.15. The van der Waals surface area contributed by atoms with Crippen LogP contribution in [0.15, 0.2) is 23.2 Å². The Morgan fingerprint density at radius 3 is 2.64 bits per heavy atom. The maximum absolute atomic E-state index is 13.4. The molecule has 0 spiro atoms. The number of nitrogens with zero attached hydrogens (tertiary/aromatic N) is 1. The van der Waals surface area contributed by atoms with E-state index < -0.39 is 11.4 Å². The normalized spacial score (nSPS) is 10.9. The van der Waals surface area contributed by atoms with Crippen LogP contribution in [0.1, 0.15) is 19.4 Å². The van der Waals surface area contributed by atoms with Crippen molar-refractivity contribution in [1.29, 1.82) is 0 Å². The van der Waals surface area contributed by atoms with E-state index in [2.05, 4.69) is 4.99 Å². The summed E-state index contributed by atoms with van der Waals surface area (Å²) in [6, 6.07) is 4.26. The molecule has 74 valence electrons. The maximum atomic E-state index is 13.4. The number of halogens is 2. The Bertz CT molecular complexity index is 397. The standard InChI is InChI=1S/C10H9ClFNO/c1-10(2,13-6-14)8-4-3-7(11)5-9(8)12/h3-5H,1-2H3. The Morgan fingerprint density at radius 1 is 1.50 bits per heavy atom. The number of carbonyl (C=O) groups excluding carboxylic acids is 1. The van der Waals surface area contributed by atoms with Crippen molar-refractivity contribution < 1.29 is 9.18 Å². The second-order valence-electron chi connectivity index (χ2n) is 3.39. The lowest BCUT2D eigenvalue weighted by atomic mass is 9.95. The van der Waals surface area contributed by atoms with E-state index in [-0.39, 0.29) is 0 Å². The fraction of sp³-hybridized carbons (Fsp3) is 0.300. The minimum absolute atomic E-state index is 0.317. The summed E-state index contributed by atoms with van der Waals surface area (Å²) in [6.45, 7) is 3.26. The highest BCUT2D eigenvalue weighted by atomic mass is 35.5. The Labute approximate surface area is 86.4 Å². The van der Waals surface area contributed by atoms with Gasteiger partial charge in [-0.15, -0.1) is 0 Å². The van der Waals surface area contributed by atoms with Crippen LogP contribution >= 0.6 is 11.6 Å². The topological polar surface area (TPSA) is 29.4 Å². The summed E-state index contributed by atoms with van der Waals surface area (Å²) in [5.41, 5.74) is -0.582. The van der Waals surface area contributed by atoms with Gasteiger partial charge in [0, 0.05) is 10.6 Å². The van der Waals surface area contributed by atoms with Gasteiger partial charge in [0.1, 0.15) is 5.82 Å². The zero-order chi connectivity index (χ0) is 10.8. The number of hydrogen-bond donors (Lipinski definition) is 0. The van der Waals surface area contributed by atoms with E-state index in [0.717, 1.165) is 0 Å². The van der Waals surface area contributed by atoms with Gasteiger partial charge in [0.2, 0.25) is 6.08 Å². The van der Waals surface area contributed by atoms with Gasteiger partial charge in [0.15, 0.2) is 0 Å². The molecule has 0 saturated carbocycles. The molecule has 14 heavy (non-hydrogen) atoms. The van der Waals surface area contributed by atoms with Crippen LogP contribution in [0.3, 0.4) is 0 Å². The van der Waals surface area contributed by atoms with Crippen LogP contribution in [-0.2, 0) is 10.3 Å².